The number of amides is 1. The van der Waals surface area contributed by atoms with Crippen LogP contribution in [-0.4, -0.2) is 49.7 Å². The minimum atomic E-state index is -1.97. The molecule has 0 unspecified atom stereocenters. The molecule has 106 valence electrons. The van der Waals surface area contributed by atoms with Gasteiger partial charge in [-0.1, -0.05) is 20.8 Å². The zero-order chi connectivity index (χ0) is 14.2. The van der Waals surface area contributed by atoms with Gasteiger partial charge in [-0.3, -0.25) is 0 Å². The number of carbonyl (C=O) groups is 1. The topological polar surface area (TPSA) is 85.0 Å². The highest BCUT2D eigenvalue weighted by molar-refractivity contribution is 6.74. The summed E-state index contributed by atoms with van der Waals surface area (Å²) in [6.07, 6.45) is -0.929. The summed E-state index contributed by atoms with van der Waals surface area (Å²) in [4.78, 5) is 16.9. The largest absolute Gasteiger partial charge is 0.465 e. The van der Waals surface area contributed by atoms with Crippen molar-refractivity contribution in [3.8, 4) is 0 Å². The van der Waals surface area contributed by atoms with Crippen LogP contribution in [0, 0.1) is 0 Å². The van der Waals surface area contributed by atoms with Gasteiger partial charge in [-0.2, -0.15) is 0 Å². The normalized spacial score (nSPS) is 19.6. The molecule has 6 nitrogen and oxygen atoms in total. The van der Waals surface area contributed by atoms with Crippen LogP contribution in [0.1, 0.15) is 20.8 Å². The van der Waals surface area contributed by atoms with Crippen LogP contribution in [0.2, 0.25) is 18.1 Å². The number of hydrogen-bond donors (Lipinski definition) is 2. The summed E-state index contributed by atoms with van der Waals surface area (Å²) >= 11 is 0. The first-order chi connectivity index (χ1) is 8.03. The van der Waals surface area contributed by atoms with Gasteiger partial charge >= 0.3 is 6.09 Å². The summed E-state index contributed by atoms with van der Waals surface area (Å²) in [6.45, 7) is 11.6. The Hall–Kier alpha value is -0.633. The molecular weight excluding hydrogens is 252 g/mol. The van der Waals surface area contributed by atoms with Gasteiger partial charge in [-0.25, -0.2) is 10.7 Å². The molecule has 1 fully saturated rings. The van der Waals surface area contributed by atoms with Crippen molar-refractivity contribution in [1.82, 2.24) is 4.90 Å². The second kappa shape index (κ2) is 4.80. The Balaban J connectivity index is 2.75. The van der Waals surface area contributed by atoms with E-state index in [1.165, 1.54) is 4.90 Å². The van der Waals surface area contributed by atoms with Gasteiger partial charge in [0.15, 0.2) is 8.32 Å². The molecule has 0 aromatic rings. The molecule has 18 heavy (non-hydrogen) atoms. The van der Waals surface area contributed by atoms with Crippen molar-refractivity contribution in [3.05, 3.63) is 0 Å². The number of nitrogens with two attached hydrogens (primary N) is 1. The second-order valence-electron chi connectivity index (χ2n) is 6.50. The first-order valence-corrected chi connectivity index (χ1v) is 8.94. The van der Waals surface area contributed by atoms with Gasteiger partial charge in [0.05, 0.1) is 19.7 Å². The van der Waals surface area contributed by atoms with Crippen molar-refractivity contribution in [2.45, 2.75) is 44.5 Å². The fourth-order valence-corrected chi connectivity index (χ4v) is 3.39. The Morgan fingerprint density at radius 1 is 1.44 bits per heavy atom. The minimum absolute atomic E-state index is 0.0677. The van der Waals surface area contributed by atoms with Gasteiger partial charge in [-0.15, -0.1) is 0 Å². The van der Waals surface area contributed by atoms with Gasteiger partial charge in [0.1, 0.15) is 5.60 Å². The minimum Gasteiger partial charge on any atom is -0.465 e. The smallest absolute Gasteiger partial charge is 0.407 e. The van der Waals surface area contributed by atoms with Crippen LogP contribution >= 0.6 is 0 Å². The molecule has 1 aliphatic rings. The molecule has 0 bridgehead atoms. The van der Waals surface area contributed by atoms with Crippen molar-refractivity contribution < 1.29 is 19.2 Å². The molecule has 1 aliphatic heterocycles. The number of nitrogens with zero attached hydrogens (tertiary/aromatic N) is 1. The molecule has 0 aromatic heterocycles. The molecule has 1 amide bonds. The average molecular weight is 276 g/mol. The number of rotatable bonds is 4. The molecule has 1 heterocycles. The quantitative estimate of drug-likeness (QED) is 0.602. The molecule has 0 spiro atoms. The third-order valence-electron chi connectivity index (χ3n) is 3.85. The van der Waals surface area contributed by atoms with E-state index in [1.807, 2.05) is 0 Å². The lowest BCUT2D eigenvalue weighted by atomic mass is 9.96. The highest BCUT2D eigenvalue weighted by Gasteiger charge is 2.52. The molecule has 0 radical (unpaired) electrons. The van der Waals surface area contributed by atoms with Gasteiger partial charge in [-0.05, 0) is 18.1 Å². The lowest BCUT2D eigenvalue weighted by Gasteiger charge is -2.53. The van der Waals surface area contributed by atoms with E-state index < -0.39 is 20.0 Å². The predicted molar refractivity (Wildman–Crippen MR) is 70.8 cm³/mol. The van der Waals surface area contributed by atoms with E-state index >= 15 is 0 Å². The van der Waals surface area contributed by atoms with Crippen molar-refractivity contribution in [1.29, 1.82) is 0 Å². The third kappa shape index (κ3) is 3.03. The molecule has 0 saturated carbocycles. The summed E-state index contributed by atoms with van der Waals surface area (Å²) < 4.78 is 6.28. The Morgan fingerprint density at radius 3 is 2.28 bits per heavy atom. The van der Waals surface area contributed by atoms with Gasteiger partial charge < -0.3 is 19.3 Å². The van der Waals surface area contributed by atoms with Crippen molar-refractivity contribution in [2.24, 2.45) is 5.90 Å². The summed E-state index contributed by atoms with van der Waals surface area (Å²) in [5.74, 6) is 5.14. The zero-order valence-electron chi connectivity index (χ0n) is 11.8. The summed E-state index contributed by atoms with van der Waals surface area (Å²) in [7, 11) is -1.97. The van der Waals surface area contributed by atoms with Crippen LogP contribution < -0.4 is 5.90 Å². The third-order valence-corrected chi connectivity index (χ3v) is 8.41. The molecule has 7 heteroatoms. The van der Waals surface area contributed by atoms with E-state index in [-0.39, 0.29) is 11.6 Å². The first-order valence-electron chi connectivity index (χ1n) is 6.03. The monoisotopic (exact) mass is 276 g/mol. The van der Waals surface area contributed by atoms with Gasteiger partial charge in [0.25, 0.3) is 0 Å². The summed E-state index contributed by atoms with van der Waals surface area (Å²) in [5.41, 5.74) is -0.573. The fourth-order valence-electron chi connectivity index (χ4n) is 1.82. The van der Waals surface area contributed by atoms with Crippen LogP contribution in [-0.2, 0) is 9.26 Å². The molecule has 3 N–H and O–H groups in total. The zero-order valence-corrected chi connectivity index (χ0v) is 12.8. The van der Waals surface area contributed by atoms with E-state index in [4.69, 9.17) is 20.3 Å². The molecule has 0 aromatic carbocycles. The van der Waals surface area contributed by atoms with Crippen molar-refractivity contribution in [3.63, 3.8) is 0 Å². The van der Waals surface area contributed by atoms with Crippen LogP contribution in [0.5, 0.6) is 0 Å². The SMILES string of the molecule is CC(C)(C)[Si](C)(C)OC1(CON)CN(C(=O)O)C1. The Bertz CT molecular complexity index is 321. The maximum atomic E-state index is 10.8. The van der Waals surface area contributed by atoms with E-state index in [2.05, 4.69) is 33.9 Å². The standard InChI is InChI=1S/C11H24N2O4Si/c1-10(2,3)18(4,5)17-11(8-16-12)6-13(7-11)9(14)15/h6-8,12H2,1-5H3,(H,14,15). The lowest BCUT2D eigenvalue weighted by molar-refractivity contribution is -0.119. The Kier molecular flexibility index (Phi) is 4.12. The van der Waals surface area contributed by atoms with Gasteiger partial charge in [0, 0.05) is 0 Å². The maximum Gasteiger partial charge on any atom is 0.407 e. The Labute approximate surface area is 109 Å². The highest BCUT2D eigenvalue weighted by atomic mass is 28.4. The van der Waals surface area contributed by atoms with Gasteiger partial charge in [0.2, 0.25) is 0 Å². The predicted octanol–water partition coefficient (Wildman–Crippen LogP) is 1.63. The van der Waals surface area contributed by atoms with Crippen LogP contribution in [0.15, 0.2) is 0 Å². The summed E-state index contributed by atoms with van der Waals surface area (Å²) in [5, 5.41) is 8.97. The second-order valence-corrected chi connectivity index (χ2v) is 11.2. The average Bonchev–Trinajstić information content (AvgIpc) is 2.10. The molecule has 1 saturated heterocycles. The van der Waals surface area contributed by atoms with Crippen LogP contribution in [0.4, 0.5) is 4.79 Å². The first kappa shape index (κ1) is 15.4. The lowest BCUT2D eigenvalue weighted by Crippen LogP contribution is -2.70. The van der Waals surface area contributed by atoms with Crippen molar-refractivity contribution in [2.75, 3.05) is 19.7 Å². The molecule has 0 atom stereocenters. The molecule has 0 aliphatic carbocycles. The Morgan fingerprint density at radius 2 is 1.94 bits per heavy atom. The molecule has 1 rings (SSSR count). The summed E-state index contributed by atoms with van der Waals surface area (Å²) in [6, 6.07) is 0. The number of hydrogen-bond acceptors (Lipinski definition) is 4. The van der Waals surface area contributed by atoms with E-state index in [0.29, 0.717) is 13.1 Å². The number of likely N-dealkylation sites (tertiary alicyclic amines) is 1. The van der Waals surface area contributed by atoms with Crippen LogP contribution in [0.25, 0.3) is 0 Å². The fraction of sp³-hybridized carbons (Fsp3) is 0.909. The maximum absolute atomic E-state index is 10.8. The van der Waals surface area contributed by atoms with E-state index in [9.17, 15) is 4.79 Å². The highest BCUT2D eigenvalue weighted by Crippen LogP contribution is 2.41. The van der Waals surface area contributed by atoms with E-state index in [1.54, 1.807) is 0 Å². The molecular formula is C11H24N2O4Si. The van der Waals surface area contributed by atoms with Crippen molar-refractivity contribution >= 4 is 14.4 Å². The van der Waals surface area contributed by atoms with E-state index in [0.717, 1.165) is 0 Å². The number of carboxylic acid groups (broad SMARTS) is 1. The van der Waals surface area contributed by atoms with Crippen LogP contribution in [0.3, 0.4) is 0 Å².